The Labute approximate surface area is 69.4 Å². The average Bonchev–Trinajstić information content (AvgIpc) is 2.49. The van der Waals surface area contributed by atoms with Crippen molar-refractivity contribution in [2.45, 2.75) is 0 Å². The number of aromatic nitrogens is 1. The summed E-state index contributed by atoms with van der Waals surface area (Å²) in [4.78, 5) is 14.8. The number of fused-ring (bicyclic) bond motifs is 1. The van der Waals surface area contributed by atoms with Gasteiger partial charge in [0.25, 0.3) is 0 Å². The molecule has 0 aliphatic carbocycles. The molecule has 12 heavy (non-hydrogen) atoms. The Morgan fingerprint density at radius 1 is 1.67 bits per heavy atom. The van der Waals surface area contributed by atoms with E-state index in [0.717, 1.165) is 0 Å². The third kappa shape index (κ3) is 0.922. The molecule has 0 unspecified atom stereocenters. The molecule has 1 aliphatic heterocycles. The summed E-state index contributed by atoms with van der Waals surface area (Å²) in [5, 5.41) is 0. The summed E-state index contributed by atoms with van der Waals surface area (Å²) in [5.41, 5.74) is 6.33. The Morgan fingerprint density at radius 2 is 2.50 bits per heavy atom. The molecule has 2 heterocycles. The largest absolute Gasteiger partial charge is 0.477 e. The first kappa shape index (κ1) is 7.09. The zero-order valence-corrected chi connectivity index (χ0v) is 6.28. The second-order valence-electron chi connectivity index (χ2n) is 2.46. The summed E-state index contributed by atoms with van der Waals surface area (Å²) < 4.78 is 5.11. The van der Waals surface area contributed by atoms with Gasteiger partial charge in [-0.15, -0.1) is 0 Å². The van der Waals surface area contributed by atoms with Crippen LogP contribution in [0.2, 0.25) is 0 Å². The SMILES string of the molecule is NC(=O)c1ccnc2c1[CH]CO2. The molecule has 1 aliphatic rings. The van der Waals surface area contributed by atoms with E-state index in [9.17, 15) is 4.79 Å². The molecule has 61 valence electrons. The Kier molecular flexibility index (Phi) is 1.46. The minimum atomic E-state index is -0.449. The fraction of sp³-hybridized carbons (Fsp3) is 0.125. The highest BCUT2D eigenvalue weighted by atomic mass is 16.5. The van der Waals surface area contributed by atoms with E-state index in [0.29, 0.717) is 23.6 Å². The summed E-state index contributed by atoms with van der Waals surface area (Å²) in [6.45, 7) is 0.465. The number of hydrogen-bond acceptors (Lipinski definition) is 3. The summed E-state index contributed by atoms with van der Waals surface area (Å²) in [5.74, 6) is 0.0432. The van der Waals surface area contributed by atoms with Gasteiger partial charge >= 0.3 is 0 Å². The highest BCUT2D eigenvalue weighted by Gasteiger charge is 2.19. The van der Waals surface area contributed by atoms with Crippen molar-refractivity contribution in [2.75, 3.05) is 6.61 Å². The number of primary amides is 1. The van der Waals surface area contributed by atoms with Gasteiger partial charge in [-0.3, -0.25) is 4.79 Å². The lowest BCUT2D eigenvalue weighted by molar-refractivity contribution is 0.0999. The van der Waals surface area contributed by atoms with Crippen molar-refractivity contribution in [1.82, 2.24) is 4.98 Å². The van der Waals surface area contributed by atoms with Gasteiger partial charge in [-0.2, -0.15) is 0 Å². The number of nitrogens with zero attached hydrogens (tertiary/aromatic N) is 1. The van der Waals surface area contributed by atoms with Crippen molar-refractivity contribution in [1.29, 1.82) is 0 Å². The predicted molar refractivity (Wildman–Crippen MR) is 41.7 cm³/mol. The van der Waals surface area contributed by atoms with Gasteiger partial charge in [0.05, 0.1) is 6.61 Å². The number of hydrogen-bond donors (Lipinski definition) is 1. The number of rotatable bonds is 1. The Hall–Kier alpha value is -1.58. The second-order valence-corrected chi connectivity index (χ2v) is 2.46. The van der Waals surface area contributed by atoms with Gasteiger partial charge in [0.2, 0.25) is 11.8 Å². The first-order chi connectivity index (χ1) is 5.79. The molecule has 2 N–H and O–H groups in total. The molecule has 1 radical (unpaired) electrons. The van der Waals surface area contributed by atoms with Crippen LogP contribution < -0.4 is 10.5 Å². The van der Waals surface area contributed by atoms with E-state index in [1.165, 1.54) is 6.20 Å². The van der Waals surface area contributed by atoms with Crippen LogP contribution >= 0.6 is 0 Å². The van der Waals surface area contributed by atoms with E-state index in [2.05, 4.69) is 4.98 Å². The van der Waals surface area contributed by atoms with Crippen LogP contribution in [0.1, 0.15) is 15.9 Å². The van der Waals surface area contributed by atoms with Crippen LogP contribution in [0, 0.1) is 6.42 Å². The van der Waals surface area contributed by atoms with Crippen LogP contribution in [0.4, 0.5) is 0 Å². The van der Waals surface area contributed by atoms with Gasteiger partial charge in [-0.25, -0.2) is 4.98 Å². The molecule has 0 saturated carbocycles. The van der Waals surface area contributed by atoms with E-state index >= 15 is 0 Å². The highest BCUT2D eigenvalue weighted by molar-refractivity contribution is 5.95. The van der Waals surface area contributed by atoms with Crippen LogP contribution in [0.15, 0.2) is 12.3 Å². The normalized spacial score (nSPS) is 13.7. The van der Waals surface area contributed by atoms with Crippen molar-refractivity contribution in [3.63, 3.8) is 0 Å². The summed E-state index contributed by atoms with van der Waals surface area (Å²) in [6.07, 6.45) is 3.31. The van der Waals surface area contributed by atoms with Gasteiger partial charge in [0, 0.05) is 23.7 Å². The van der Waals surface area contributed by atoms with Crippen molar-refractivity contribution in [3.8, 4) is 5.88 Å². The Morgan fingerprint density at radius 3 is 3.25 bits per heavy atom. The number of carbonyl (C=O) groups excluding carboxylic acids is 1. The fourth-order valence-corrected chi connectivity index (χ4v) is 1.19. The lowest BCUT2D eigenvalue weighted by Gasteiger charge is -2.00. The standard InChI is InChI=1S/C8H7N2O2/c9-7(11)5-1-3-10-8-6(5)2-4-12-8/h1-3H,4H2,(H2,9,11). The zero-order valence-electron chi connectivity index (χ0n) is 6.28. The Balaban J connectivity index is 2.56. The number of pyridine rings is 1. The third-order valence-corrected chi connectivity index (χ3v) is 1.73. The maximum Gasteiger partial charge on any atom is 0.249 e. The molecule has 1 amide bonds. The molecular weight excluding hydrogens is 156 g/mol. The average molecular weight is 163 g/mol. The van der Waals surface area contributed by atoms with E-state index in [1.54, 1.807) is 12.5 Å². The molecule has 0 spiro atoms. The van der Waals surface area contributed by atoms with Crippen molar-refractivity contribution < 1.29 is 9.53 Å². The molecule has 0 fully saturated rings. The topological polar surface area (TPSA) is 65.2 Å². The second kappa shape index (κ2) is 2.48. The van der Waals surface area contributed by atoms with Gasteiger partial charge in [0.1, 0.15) is 0 Å². The lowest BCUT2D eigenvalue weighted by Crippen LogP contribution is -2.12. The first-order valence-electron chi connectivity index (χ1n) is 3.54. The molecule has 1 aromatic rings. The van der Waals surface area contributed by atoms with E-state index < -0.39 is 5.91 Å². The van der Waals surface area contributed by atoms with Crippen molar-refractivity contribution >= 4 is 5.91 Å². The van der Waals surface area contributed by atoms with E-state index in [-0.39, 0.29) is 0 Å². The van der Waals surface area contributed by atoms with Crippen LogP contribution in [0.25, 0.3) is 0 Å². The van der Waals surface area contributed by atoms with Gasteiger partial charge < -0.3 is 10.5 Å². The summed E-state index contributed by atoms with van der Waals surface area (Å²) in [6, 6.07) is 1.59. The molecule has 0 atom stereocenters. The van der Waals surface area contributed by atoms with E-state index in [4.69, 9.17) is 10.5 Å². The molecule has 1 aromatic heterocycles. The van der Waals surface area contributed by atoms with Gasteiger partial charge in [-0.05, 0) is 6.07 Å². The van der Waals surface area contributed by atoms with E-state index in [1.807, 2.05) is 0 Å². The molecule has 4 nitrogen and oxygen atoms in total. The molecular formula is C8H7N2O2. The summed E-state index contributed by atoms with van der Waals surface area (Å²) >= 11 is 0. The number of nitrogens with two attached hydrogens (primary N) is 1. The maximum absolute atomic E-state index is 10.9. The molecule has 0 aromatic carbocycles. The summed E-state index contributed by atoms with van der Waals surface area (Å²) in [7, 11) is 0. The molecule has 4 heteroatoms. The van der Waals surface area contributed by atoms with Gasteiger partial charge in [-0.1, -0.05) is 0 Å². The Bertz CT molecular complexity index is 336. The minimum absolute atomic E-state index is 0.449. The zero-order chi connectivity index (χ0) is 8.55. The number of amides is 1. The van der Waals surface area contributed by atoms with Crippen LogP contribution in [0.5, 0.6) is 5.88 Å². The smallest absolute Gasteiger partial charge is 0.249 e. The number of carbonyl (C=O) groups is 1. The van der Waals surface area contributed by atoms with Crippen molar-refractivity contribution in [2.24, 2.45) is 5.73 Å². The number of ether oxygens (including phenoxy) is 1. The first-order valence-corrected chi connectivity index (χ1v) is 3.54. The highest BCUT2D eigenvalue weighted by Crippen LogP contribution is 2.26. The fourth-order valence-electron chi connectivity index (χ4n) is 1.19. The molecule has 0 bridgehead atoms. The molecule has 2 rings (SSSR count). The predicted octanol–water partition coefficient (Wildman–Crippen LogP) is 0.125. The van der Waals surface area contributed by atoms with Crippen molar-refractivity contribution in [3.05, 3.63) is 29.8 Å². The molecule has 0 saturated heterocycles. The quantitative estimate of drug-likeness (QED) is 0.639. The van der Waals surface area contributed by atoms with Crippen LogP contribution in [-0.2, 0) is 0 Å². The third-order valence-electron chi connectivity index (χ3n) is 1.73. The van der Waals surface area contributed by atoms with Crippen LogP contribution in [-0.4, -0.2) is 17.5 Å². The monoisotopic (exact) mass is 163 g/mol. The van der Waals surface area contributed by atoms with Crippen LogP contribution in [0.3, 0.4) is 0 Å². The minimum Gasteiger partial charge on any atom is -0.477 e. The van der Waals surface area contributed by atoms with Gasteiger partial charge in [0.15, 0.2) is 0 Å². The lowest BCUT2D eigenvalue weighted by atomic mass is 10.1. The maximum atomic E-state index is 10.9.